The van der Waals surface area contributed by atoms with Crippen LogP contribution in [0, 0.1) is 40.4 Å². The second-order valence-corrected chi connectivity index (χ2v) is 11.3. The van der Waals surface area contributed by atoms with E-state index >= 15 is 0 Å². The van der Waals surface area contributed by atoms with Crippen molar-refractivity contribution in [2.45, 2.75) is 90.9 Å². The highest BCUT2D eigenvalue weighted by Crippen LogP contribution is 2.68. The van der Waals surface area contributed by atoms with Crippen LogP contribution in [0.4, 0.5) is 0 Å². The van der Waals surface area contributed by atoms with Crippen LogP contribution in [0.2, 0.25) is 0 Å². The molecule has 0 aromatic heterocycles. The van der Waals surface area contributed by atoms with Gasteiger partial charge in [-0.05, 0) is 106 Å². The molecule has 27 heavy (non-hydrogen) atoms. The van der Waals surface area contributed by atoms with Crippen LogP contribution in [0.3, 0.4) is 0 Å². The molecule has 156 valence electrons. The van der Waals surface area contributed by atoms with Gasteiger partial charge in [0, 0.05) is 12.6 Å². The van der Waals surface area contributed by atoms with E-state index in [0.717, 1.165) is 36.5 Å². The fourth-order valence-corrected chi connectivity index (χ4v) is 8.52. The van der Waals surface area contributed by atoms with Crippen molar-refractivity contribution in [1.29, 1.82) is 0 Å². The monoisotopic (exact) mass is 377 g/mol. The van der Waals surface area contributed by atoms with Gasteiger partial charge in [0.25, 0.3) is 0 Å². The van der Waals surface area contributed by atoms with Crippen molar-refractivity contribution in [1.82, 2.24) is 4.90 Å². The van der Waals surface area contributed by atoms with E-state index in [1.807, 2.05) is 0 Å². The number of aliphatic hydroxyl groups is 1. The standard InChI is InChI=1S/C24H43NO2/c1-7-27-21-14-24(4)16(12-20(21)26)9-10-17-18-11-8-15(2)23(18,3)13-19(22(17)24)25(5)6/h15-22,26H,7-14H2,1-6H3/t15?,16?,17-,18-,19?,20?,21?,22-,23+,24-/m0/s1. The molecule has 5 unspecified atom stereocenters. The van der Waals surface area contributed by atoms with E-state index in [4.69, 9.17) is 4.74 Å². The summed E-state index contributed by atoms with van der Waals surface area (Å²) < 4.78 is 6.04. The van der Waals surface area contributed by atoms with Gasteiger partial charge in [0.15, 0.2) is 0 Å². The maximum absolute atomic E-state index is 10.7. The Morgan fingerprint density at radius 1 is 1.04 bits per heavy atom. The SMILES string of the molecule is CCOC1C[C@@]2(C)C(CC[C@@H]3[C@H]2C(N(C)C)C[C@]2(C)C(C)CC[C@@H]32)CC1O. The minimum Gasteiger partial charge on any atom is -0.390 e. The minimum absolute atomic E-state index is 0.0358. The van der Waals surface area contributed by atoms with Crippen LogP contribution in [0.5, 0.6) is 0 Å². The average Bonchev–Trinajstić information content (AvgIpc) is 2.90. The molecule has 4 aliphatic carbocycles. The first kappa shape index (κ1) is 20.2. The quantitative estimate of drug-likeness (QED) is 0.781. The first-order valence-electron chi connectivity index (χ1n) is 11.7. The van der Waals surface area contributed by atoms with Gasteiger partial charge in [0.2, 0.25) is 0 Å². The summed E-state index contributed by atoms with van der Waals surface area (Å²) in [5.74, 6) is 4.05. The molecule has 0 spiro atoms. The van der Waals surface area contributed by atoms with Gasteiger partial charge in [-0.3, -0.25) is 0 Å². The van der Waals surface area contributed by atoms with Crippen LogP contribution in [-0.2, 0) is 4.74 Å². The molecule has 0 amide bonds. The maximum Gasteiger partial charge on any atom is 0.0839 e. The lowest BCUT2D eigenvalue weighted by atomic mass is 9.43. The molecule has 0 radical (unpaired) electrons. The van der Waals surface area contributed by atoms with E-state index in [1.165, 1.54) is 32.1 Å². The number of fused-ring (bicyclic) bond motifs is 5. The van der Waals surface area contributed by atoms with Gasteiger partial charge in [0.1, 0.15) is 0 Å². The third-order valence-corrected chi connectivity index (χ3v) is 10.1. The van der Waals surface area contributed by atoms with Crippen LogP contribution in [-0.4, -0.2) is 49.0 Å². The summed E-state index contributed by atoms with van der Waals surface area (Å²) in [6.07, 6.45) is 8.69. The summed E-state index contributed by atoms with van der Waals surface area (Å²) in [7, 11) is 4.63. The number of aliphatic hydroxyl groups excluding tert-OH is 1. The average molecular weight is 378 g/mol. The van der Waals surface area contributed by atoms with Crippen molar-refractivity contribution in [3.05, 3.63) is 0 Å². The molecule has 4 rings (SSSR count). The molecule has 3 nitrogen and oxygen atoms in total. The molecule has 0 bridgehead atoms. The van der Waals surface area contributed by atoms with Crippen LogP contribution in [0.1, 0.15) is 72.6 Å². The number of rotatable bonds is 3. The Balaban J connectivity index is 1.71. The Hall–Kier alpha value is -0.120. The summed E-state index contributed by atoms with van der Waals surface area (Å²) in [5, 5.41) is 10.7. The third kappa shape index (κ3) is 2.94. The lowest BCUT2D eigenvalue weighted by Gasteiger charge is -2.65. The van der Waals surface area contributed by atoms with Crippen molar-refractivity contribution in [2.24, 2.45) is 40.4 Å². The van der Waals surface area contributed by atoms with Gasteiger partial charge >= 0.3 is 0 Å². The Bertz CT molecular complexity index is 550. The van der Waals surface area contributed by atoms with Crippen LogP contribution >= 0.6 is 0 Å². The summed E-state index contributed by atoms with van der Waals surface area (Å²) in [6.45, 7) is 10.5. The molecular formula is C24H43NO2. The Morgan fingerprint density at radius 3 is 2.44 bits per heavy atom. The number of hydrogen-bond acceptors (Lipinski definition) is 3. The highest BCUT2D eigenvalue weighted by Gasteiger charge is 2.63. The van der Waals surface area contributed by atoms with Crippen molar-refractivity contribution >= 4 is 0 Å². The topological polar surface area (TPSA) is 32.7 Å². The summed E-state index contributed by atoms with van der Waals surface area (Å²) in [5.41, 5.74) is 0.830. The third-order valence-electron chi connectivity index (χ3n) is 10.1. The number of nitrogens with zero attached hydrogens (tertiary/aromatic N) is 1. The van der Waals surface area contributed by atoms with Gasteiger partial charge in [-0.25, -0.2) is 0 Å². The zero-order chi connectivity index (χ0) is 19.6. The normalized spacial score (nSPS) is 55.1. The molecule has 0 aromatic carbocycles. The first-order chi connectivity index (χ1) is 12.7. The van der Waals surface area contributed by atoms with E-state index in [-0.39, 0.29) is 12.2 Å². The highest BCUT2D eigenvalue weighted by molar-refractivity contribution is 5.13. The molecule has 0 aromatic rings. The lowest BCUT2D eigenvalue weighted by molar-refractivity contribution is -0.188. The smallest absolute Gasteiger partial charge is 0.0839 e. The van der Waals surface area contributed by atoms with E-state index < -0.39 is 0 Å². The predicted octanol–water partition coefficient (Wildman–Crippen LogP) is 4.58. The van der Waals surface area contributed by atoms with Crippen LogP contribution < -0.4 is 0 Å². The maximum atomic E-state index is 10.7. The molecular weight excluding hydrogens is 334 g/mol. The summed E-state index contributed by atoms with van der Waals surface area (Å²) in [4.78, 5) is 2.55. The fraction of sp³-hybridized carbons (Fsp3) is 1.00. The molecule has 3 heteroatoms. The molecule has 10 atom stereocenters. The highest BCUT2D eigenvalue weighted by atomic mass is 16.5. The largest absolute Gasteiger partial charge is 0.390 e. The molecule has 0 saturated heterocycles. The Kier molecular flexibility index (Phi) is 5.22. The van der Waals surface area contributed by atoms with Crippen LogP contribution in [0.15, 0.2) is 0 Å². The van der Waals surface area contributed by atoms with Crippen molar-refractivity contribution in [2.75, 3.05) is 20.7 Å². The van der Waals surface area contributed by atoms with E-state index in [1.54, 1.807) is 0 Å². The number of hydrogen-bond donors (Lipinski definition) is 1. The summed E-state index contributed by atoms with van der Waals surface area (Å²) in [6, 6.07) is 0.669. The van der Waals surface area contributed by atoms with E-state index in [2.05, 4.69) is 46.7 Å². The minimum atomic E-state index is -0.266. The molecule has 0 heterocycles. The Labute approximate surface area is 167 Å². The molecule has 4 fully saturated rings. The van der Waals surface area contributed by atoms with Crippen molar-refractivity contribution in [3.63, 3.8) is 0 Å². The first-order valence-corrected chi connectivity index (χ1v) is 11.7. The second-order valence-electron chi connectivity index (χ2n) is 11.3. The van der Waals surface area contributed by atoms with Gasteiger partial charge < -0.3 is 14.7 Å². The van der Waals surface area contributed by atoms with Gasteiger partial charge in [-0.2, -0.15) is 0 Å². The van der Waals surface area contributed by atoms with Gasteiger partial charge in [-0.1, -0.05) is 20.8 Å². The molecule has 4 aliphatic rings. The fourth-order valence-electron chi connectivity index (χ4n) is 8.52. The molecule has 1 N–H and O–H groups in total. The van der Waals surface area contributed by atoms with E-state index in [9.17, 15) is 5.11 Å². The van der Waals surface area contributed by atoms with Gasteiger partial charge in [0.05, 0.1) is 12.2 Å². The molecule has 0 aliphatic heterocycles. The van der Waals surface area contributed by atoms with Crippen molar-refractivity contribution in [3.8, 4) is 0 Å². The zero-order valence-electron chi connectivity index (χ0n) is 18.6. The summed E-state index contributed by atoms with van der Waals surface area (Å²) >= 11 is 0. The lowest BCUT2D eigenvalue weighted by Crippen LogP contribution is -2.63. The predicted molar refractivity (Wildman–Crippen MR) is 111 cm³/mol. The van der Waals surface area contributed by atoms with Crippen LogP contribution in [0.25, 0.3) is 0 Å². The number of ether oxygens (including phenoxy) is 1. The van der Waals surface area contributed by atoms with Gasteiger partial charge in [-0.15, -0.1) is 0 Å². The molecule has 4 saturated carbocycles. The van der Waals surface area contributed by atoms with E-state index in [0.29, 0.717) is 29.4 Å². The van der Waals surface area contributed by atoms with Crippen molar-refractivity contribution < 1.29 is 9.84 Å². The zero-order valence-corrected chi connectivity index (χ0v) is 18.6. The Morgan fingerprint density at radius 2 is 1.78 bits per heavy atom. The second kappa shape index (κ2) is 6.99.